The quantitative estimate of drug-likeness (QED) is 0.939. The second-order valence-electron chi connectivity index (χ2n) is 4.31. The third-order valence-corrected chi connectivity index (χ3v) is 3.89. The SMILES string of the molecule is CCc1nc(C)sc1C(=O)NC(C#N)c1ccccc1. The number of hydrogen-bond acceptors (Lipinski definition) is 4. The molecular weight excluding hydrogens is 270 g/mol. The van der Waals surface area contributed by atoms with Crippen LogP contribution in [0.1, 0.15) is 38.9 Å². The number of benzene rings is 1. The largest absolute Gasteiger partial charge is 0.332 e. The summed E-state index contributed by atoms with van der Waals surface area (Å²) in [5.74, 6) is -0.233. The molecule has 102 valence electrons. The maximum Gasteiger partial charge on any atom is 0.264 e. The number of nitrogens with one attached hydrogen (secondary N) is 1. The number of carbonyl (C=O) groups is 1. The van der Waals surface area contributed by atoms with E-state index >= 15 is 0 Å². The summed E-state index contributed by atoms with van der Waals surface area (Å²) in [5.41, 5.74) is 1.57. The van der Waals surface area contributed by atoms with E-state index < -0.39 is 6.04 Å². The molecule has 0 saturated heterocycles. The normalized spacial score (nSPS) is 11.7. The van der Waals surface area contributed by atoms with Gasteiger partial charge in [-0.05, 0) is 18.9 Å². The van der Waals surface area contributed by atoms with Gasteiger partial charge in [-0.25, -0.2) is 4.98 Å². The molecule has 4 nitrogen and oxygen atoms in total. The van der Waals surface area contributed by atoms with Crippen LogP contribution in [0.2, 0.25) is 0 Å². The van der Waals surface area contributed by atoms with E-state index in [1.165, 1.54) is 11.3 Å². The molecule has 0 radical (unpaired) electrons. The molecule has 1 unspecified atom stereocenters. The topological polar surface area (TPSA) is 65.8 Å². The average Bonchev–Trinajstić information content (AvgIpc) is 2.86. The van der Waals surface area contributed by atoms with Gasteiger partial charge in [0, 0.05) is 0 Å². The zero-order valence-electron chi connectivity index (χ0n) is 11.4. The van der Waals surface area contributed by atoms with Gasteiger partial charge in [0.1, 0.15) is 10.9 Å². The van der Waals surface area contributed by atoms with Gasteiger partial charge in [-0.2, -0.15) is 5.26 Å². The standard InChI is InChI=1S/C15H15N3OS/c1-3-12-14(20-10(2)17-12)15(19)18-13(9-16)11-7-5-4-6-8-11/h4-8,13H,3H2,1-2H3,(H,18,19). The van der Waals surface area contributed by atoms with Crippen LogP contribution in [0, 0.1) is 18.3 Å². The summed E-state index contributed by atoms with van der Waals surface area (Å²) in [6.07, 6.45) is 0.704. The predicted molar refractivity (Wildman–Crippen MR) is 78.5 cm³/mol. The van der Waals surface area contributed by atoms with Gasteiger partial charge in [-0.3, -0.25) is 4.79 Å². The number of rotatable bonds is 4. The molecule has 0 aliphatic rings. The highest BCUT2D eigenvalue weighted by Gasteiger charge is 2.19. The Morgan fingerprint density at radius 3 is 2.75 bits per heavy atom. The Bertz CT molecular complexity index is 643. The summed E-state index contributed by atoms with van der Waals surface area (Å²) in [5, 5.41) is 12.8. The average molecular weight is 285 g/mol. The lowest BCUT2D eigenvalue weighted by Crippen LogP contribution is -2.27. The van der Waals surface area contributed by atoms with Crippen molar-refractivity contribution in [1.29, 1.82) is 5.26 Å². The Balaban J connectivity index is 2.20. The van der Waals surface area contributed by atoms with Crippen LogP contribution in [-0.4, -0.2) is 10.9 Å². The van der Waals surface area contributed by atoms with Crippen LogP contribution in [-0.2, 0) is 6.42 Å². The molecular formula is C15H15N3OS. The van der Waals surface area contributed by atoms with Crippen molar-refractivity contribution >= 4 is 17.2 Å². The van der Waals surface area contributed by atoms with Gasteiger partial charge in [0.05, 0.1) is 16.8 Å². The number of aromatic nitrogens is 1. The minimum Gasteiger partial charge on any atom is -0.332 e. The zero-order chi connectivity index (χ0) is 14.5. The van der Waals surface area contributed by atoms with E-state index in [0.29, 0.717) is 11.3 Å². The molecule has 20 heavy (non-hydrogen) atoms. The lowest BCUT2D eigenvalue weighted by atomic mass is 10.1. The Hall–Kier alpha value is -2.19. The summed E-state index contributed by atoms with van der Waals surface area (Å²) >= 11 is 1.36. The molecule has 1 amide bonds. The summed E-state index contributed by atoms with van der Waals surface area (Å²) in [4.78, 5) is 17.2. The van der Waals surface area contributed by atoms with Crippen LogP contribution >= 0.6 is 11.3 Å². The van der Waals surface area contributed by atoms with Gasteiger partial charge in [0.25, 0.3) is 5.91 Å². The van der Waals surface area contributed by atoms with E-state index in [1.807, 2.05) is 44.2 Å². The van der Waals surface area contributed by atoms with Crippen molar-refractivity contribution in [1.82, 2.24) is 10.3 Å². The van der Waals surface area contributed by atoms with Crippen molar-refractivity contribution in [3.63, 3.8) is 0 Å². The van der Waals surface area contributed by atoms with Crippen LogP contribution < -0.4 is 5.32 Å². The van der Waals surface area contributed by atoms with Gasteiger partial charge in [0.15, 0.2) is 0 Å². The van der Waals surface area contributed by atoms with E-state index in [2.05, 4.69) is 16.4 Å². The molecule has 1 aromatic carbocycles. The van der Waals surface area contributed by atoms with Crippen molar-refractivity contribution in [2.24, 2.45) is 0 Å². The first kappa shape index (κ1) is 14.2. The molecule has 2 aromatic rings. The molecule has 0 aliphatic carbocycles. The summed E-state index contributed by atoms with van der Waals surface area (Å²) in [7, 11) is 0. The highest BCUT2D eigenvalue weighted by atomic mass is 32.1. The highest BCUT2D eigenvalue weighted by Crippen LogP contribution is 2.20. The van der Waals surface area contributed by atoms with E-state index in [0.717, 1.165) is 16.3 Å². The number of thiazole rings is 1. The van der Waals surface area contributed by atoms with Crippen molar-refractivity contribution < 1.29 is 4.79 Å². The molecule has 2 rings (SSSR count). The number of amides is 1. The van der Waals surface area contributed by atoms with Crippen molar-refractivity contribution in [3.05, 3.63) is 51.5 Å². The number of nitriles is 1. The zero-order valence-corrected chi connectivity index (χ0v) is 12.2. The monoisotopic (exact) mass is 285 g/mol. The van der Waals surface area contributed by atoms with Gasteiger partial charge < -0.3 is 5.32 Å². The lowest BCUT2D eigenvalue weighted by molar-refractivity contribution is 0.0948. The molecule has 0 aliphatic heterocycles. The Morgan fingerprint density at radius 1 is 1.45 bits per heavy atom. The number of hydrogen-bond donors (Lipinski definition) is 1. The Kier molecular flexibility index (Phi) is 4.49. The molecule has 1 aromatic heterocycles. The molecule has 0 spiro atoms. The summed E-state index contributed by atoms with van der Waals surface area (Å²) in [6.45, 7) is 3.84. The number of nitrogens with zero attached hydrogens (tertiary/aromatic N) is 2. The first-order valence-electron chi connectivity index (χ1n) is 6.37. The number of aryl methyl sites for hydroxylation is 2. The lowest BCUT2D eigenvalue weighted by Gasteiger charge is -2.11. The summed E-state index contributed by atoms with van der Waals surface area (Å²) < 4.78 is 0. The third kappa shape index (κ3) is 3.03. The maximum absolute atomic E-state index is 12.3. The highest BCUT2D eigenvalue weighted by molar-refractivity contribution is 7.13. The summed E-state index contributed by atoms with van der Waals surface area (Å²) in [6, 6.07) is 10.7. The fraction of sp³-hybridized carbons (Fsp3) is 0.267. The third-order valence-electron chi connectivity index (χ3n) is 2.88. The van der Waals surface area contributed by atoms with E-state index in [4.69, 9.17) is 0 Å². The van der Waals surface area contributed by atoms with Gasteiger partial charge in [0.2, 0.25) is 0 Å². The fourth-order valence-corrected chi connectivity index (χ4v) is 2.83. The molecule has 5 heteroatoms. The first-order valence-corrected chi connectivity index (χ1v) is 7.19. The molecule has 1 N–H and O–H groups in total. The second-order valence-corrected chi connectivity index (χ2v) is 5.51. The predicted octanol–water partition coefficient (Wildman–Crippen LogP) is 3.01. The second kappa shape index (κ2) is 6.31. The smallest absolute Gasteiger partial charge is 0.264 e. The Morgan fingerprint density at radius 2 is 2.15 bits per heavy atom. The maximum atomic E-state index is 12.3. The molecule has 0 saturated carbocycles. The fourth-order valence-electron chi connectivity index (χ4n) is 1.92. The van der Waals surface area contributed by atoms with Crippen molar-refractivity contribution in [2.75, 3.05) is 0 Å². The van der Waals surface area contributed by atoms with Gasteiger partial charge in [-0.1, -0.05) is 37.3 Å². The molecule has 0 bridgehead atoms. The molecule has 0 fully saturated rings. The molecule has 1 atom stereocenters. The first-order chi connectivity index (χ1) is 9.65. The van der Waals surface area contributed by atoms with Crippen LogP contribution in [0.5, 0.6) is 0 Å². The van der Waals surface area contributed by atoms with E-state index in [9.17, 15) is 10.1 Å². The van der Waals surface area contributed by atoms with Crippen molar-refractivity contribution in [2.45, 2.75) is 26.3 Å². The van der Waals surface area contributed by atoms with Gasteiger partial charge >= 0.3 is 0 Å². The van der Waals surface area contributed by atoms with Crippen LogP contribution in [0.15, 0.2) is 30.3 Å². The van der Waals surface area contributed by atoms with Crippen LogP contribution in [0.3, 0.4) is 0 Å². The minimum absolute atomic E-state index is 0.233. The van der Waals surface area contributed by atoms with Crippen LogP contribution in [0.4, 0.5) is 0 Å². The van der Waals surface area contributed by atoms with E-state index in [-0.39, 0.29) is 5.91 Å². The van der Waals surface area contributed by atoms with Gasteiger partial charge in [-0.15, -0.1) is 11.3 Å². The van der Waals surface area contributed by atoms with Crippen molar-refractivity contribution in [3.8, 4) is 6.07 Å². The minimum atomic E-state index is -0.643. The van der Waals surface area contributed by atoms with E-state index in [1.54, 1.807) is 0 Å². The Labute approximate surface area is 122 Å². The molecule has 1 heterocycles. The van der Waals surface area contributed by atoms with Crippen LogP contribution in [0.25, 0.3) is 0 Å². The number of carbonyl (C=O) groups excluding carboxylic acids is 1.